The van der Waals surface area contributed by atoms with E-state index in [1.807, 2.05) is 40.7 Å². The third kappa shape index (κ3) is 4.36. The Morgan fingerprint density at radius 3 is 2.69 bits per heavy atom. The summed E-state index contributed by atoms with van der Waals surface area (Å²) in [5, 5.41) is 4.98. The van der Waals surface area contributed by atoms with Gasteiger partial charge in [0.05, 0.1) is 23.3 Å². The first-order valence-electron chi connectivity index (χ1n) is 10.8. The first-order chi connectivity index (χ1) is 15.1. The molecule has 0 spiro atoms. The molecular weight excluding hydrogens is 406 g/mol. The number of hydrogen-bond acceptors (Lipinski definition) is 8. The molecule has 8 nitrogen and oxygen atoms in total. The summed E-state index contributed by atoms with van der Waals surface area (Å²) in [6.45, 7) is 10.3. The molecule has 0 amide bonds. The predicted octanol–water partition coefficient (Wildman–Crippen LogP) is 4.24. The highest BCUT2D eigenvalue weighted by Crippen LogP contribution is 2.33. The summed E-state index contributed by atoms with van der Waals surface area (Å²) in [6.07, 6.45) is 4.94. The first-order valence-corrected chi connectivity index (χ1v) is 10.8. The number of pyridine rings is 3. The molecule has 0 aromatic carbocycles. The fourth-order valence-corrected chi connectivity index (χ4v) is 3.77. The Kier molecular flexibility index (Phi) is 5.50. The van der Waals surface area contributed by atoms with Crippen LogP contribution in [0.2, 0.25) is 0 Å². The average molecular weight is 436 g/mol. The highest BCUT2D eigenvalue weighted by atomic mass is 16.6. The monoisotopic (exact) mass is 435 g/mol. The molecular formula is C24H29N5O3. The van der Waals surface area contributed by atoms with Gasteiger partial charge < -0.3 is 20.5 Å². The molecule has 168 valence electrons. The number of aromatic nitrogens is 3. The van der Waals surface area contributed by atoms with Gasteiger partial charge in [0.2, 0.25) is 5.88 Å². The molecule has 0 saturated carbocycles. The number of nitrogens with two attached hydrogens (primary N) is 1. The minimum atomic E-state index is -0.594. The normalized spacial score (nSPS) is 15.2. The molecule has 1 aliphatic heterocycles. The standard InChI is InChI=1S/C24H29N5O3/c1-6-9-31-21-16-12-26-20(10-15(16)17(13-27-21)24(4,5)25)29-19-8-7-14-18(28-19)11-23(2,3)32-22(14)30/h7-8,10,12-13H,6,9,11,25H2,1-5H3,(H,26,28,29). The predicted molar refractivity (Wildman–Crippen MR) is 123 cm³/mol. The number of ether oxygens (including phenoxy) is 2. The second-order valence-corrected chi connectivity index (χ2v) is 9.30. The van der Waals surface area contributed by atoms with Gasteiger partial charge in [0, 0.05) is 24.4 Å². The summed E-state index contributed by atoms with van der Waals surface area (Å²) in [4.78, 5) is 25.9. The Morgan fingerprint density at radius 2 is 1.97 bits per heavy atom. The summed E-state index contributed by atoms with van der Waals surface area (Å²) < 4.78 is 11.3. The van der Waals surface area contributed by atoms with Crippen LogP contribution >= 0.6 is 0 Å². The smallest absolute Gasteiger partial charge is 0.340 e. The second kappa shape index (κ2) is 8.02. The van der Waals surface area contributed by atoms with E-state index < -0.39 is 11.1 Å². The maximum Gasteiger partial charge on any atom is 0.340 e. The van der Waals surface area contributed by atoms with Gasteiger partial charge in [0.1, 0.15) is 17.2 Å². The molecule has 4 heterocycles. The van der Waals surface area contributed by atoms with Crippen molar-refractivity contribution in [3.63, 3.8) is 0 Å². The van der Waals surface area contributed by atoms with Crippen molar-refractivity contribution in [2.24, 2.45) is 5.73 Å². The molecule has 0 unspecified atom stereocenters. The number of carbonyl (C=O) groups is 1. The summed E-state index contributed by atoms with van der Waals surface area (Å²) in [5.74, 6) is 1.41. The molecule has 3 aromatic heterocycles. The van der Waals surface area contributed by atoms with E-state index in [-0.39, 0.29) is 5.97 Å². The summed E-state index contributed by atoms with van der Waals surface area (Å²) in [7, 11) is 0. The molecule has 0 radical (unpaired) electrons. The van der Waals surface area contributed by atoms with Crippen LogP contribution in [0.4, 0.5) is 11.6 Å². The van der Waals surface area contributed by atoms with E-state index >= 15 is 0 Å². The summed E-state index contributed by atoms with van der Waals surface area (Å²) >= 11 is 0. The van der Waals surface area contributed by atoms with Crippen LogP contribution in [-0.2, 0) is 16.7 Å². The number of nitrogens with zero attached hydrogens (tertiary/aromatic N) is 3. The van der Waals surface area contributed by atoms with E-state index in [0.717, 1.165) is 22.8 Å². The summed E-state index contributed by atoms with van der Waals surface area (Å²) in [5.41, 5.74) is 7.33. The fourth-order valence-electron chi connectivity index (χ4n) is 3.77. The Hall–Kier alpha value is -3.26. The fraction of sp³-hybridized carbons (Fsp3) is 0.417. The number of nitrogens with one attached hydrogen (secondary N) is 1. The van der Waals surface area contributed by atoms with Gasteiger partial charge in [-0.2, -0.15) is 0 Å². The lowest BCUT2D eigenvalue weighted by atomic mass is 9.93. The maximum atomic E-state index is 12.2. The number of rotatable bonds is 6. The van der Waals surface area contributed by atoms with Crippen molar-refractivity contribution in [3.05, 3.63) is 47.4 Å². The molecule has 32 heavy (non-hydrogen) atoms. The van der Waals surface area contributed by atoms with E-state index in [1.54, 1.807) is 24.5 Å². The van der Waals surface area contributed by atoms with Crippen LogP contribution in [0.5, 0.6) is 5.88 Å². The van der Waals surface area contributed by atoms with Gasteiger partial charge >= 0.3 is 5.97 Å². The highest BCUT2D eigenvalue weighted by Gasteiger charge is 2.33. The van der Waals surface area contributed by atoms with Crippen molar-refractivity contribution in [1.82, 2.24) is 15.0 Å². The lowest BCUT2D eigenvalue weighted by Gasteiger charge is -2.30. The number of anilines is 2. The van der Waals surface area contributed by atoms with Gasteiger partial charge in [0.15, 0.2) is 0 Å². The molecule has 4 rings (SSSR count). The van der Waals surface area contributed by atoms with Gasteiger partial charge in [-0.25, -0.2) is 19.7 Å². The Balaban J connectivity index is 1.72. The molecule has 0 fully saturated rings. The quantitative estimate of drug-likeness (QED) is 0.553. The number of carbonyl (C=O) groups excluding carboxylic acids is 1. The van der Waals surface area contributed by atoms with Crippen LogP contribution in [0.25, 0.3) is 10.8 Å². The SMILES string of the molecule is CCCOc1ncc(C(C)(C)N)c2cc(Nc3ccc4c(n3)CC(C)(C)OC4=O)ncc12. The van der Waals surface area contributed by atoms with Crippen LogP contribution in [-0.4, -0.2) is 33.1 Å². The lowest BCUT2D eigenvalue weighted by molar-refractivity contribution is -0.00714. The van der Waals surface area contributed by atoms with Gasteiger partial charge in [-0.05, 0) is 63.3 Å². The minimum absolute atomic E-state index is 0.346. The van der Waals surface area contributed by atoms with Crippen molar-refractivity contribution in [3.8, 4) is 5.88 Å². The highest BCUT2D eigenvalue weighted by molar-refractivity contribution is 5.93. The van der Waals surface area contributed by atoms with Crippen molar-refractivity contribution in [2.75, 3.05) is 11.9 Å². The molecule has 0 aliphatic carbocycles. The van der Waals surface area contributed by atoms with Crippen LogP contribution in [0.15, 0.2) is 30.6 Å². The van der Waals surface area contributed by atoms with Gasteiger partial charge in [-0.3, -0.25) is 0 Å². The molecule has 0 saturated heterocycles. The molecule has 8 heteroatoms. The average Bonchev–Trinajstić information content (AvgIpc) is 2.69. The van der Waals surface area contributed by atoms with E-state index in [9.17, 15) is 4.79 Å². The van der Waals surface area contributed by atoms with Crippen molar-refractivity contribution >= 4 is 28.4 Å². The minimum Gasteiger partial charge on any atom is -0.477 e. The van der Waals surface area contributed by atoms with Crippen molar-refractivity contribution in [2.45, 2.75) is 58.6 Å². The Morgan fingerprint density at radius 1 is 1.19 bits per heavy atom. The summed E-state index contributed by atoms with van der Waals surface area (Å²) in [6, 6.07) is 5.41. The number of hydrogen-bond donors (Lipinski definition) is 2. The van der Waals surface area contributed by atoms with Gasteiger partial charge in [0.25, 0.3) is 0 Å². The van der Waals surface area contributed by atoms with Crippen LogP contribution in [0, 0.1) is 0 Å². The van der Waals surface area contributed by atoms with E-state index in [1.165, 1.54) is 0 Å². The first kappa shape index (κ1) is 22.0. The molecule has 1 aliphatic rings. The van der Waals surface area contributed by atoms with Crippen LogP contribution in [0.1, 0.15) is 62.7 Å². The third-order valence-corrected chi connectivity index (χ3v) is 5.28. The van der Waals surface area contributed by atoms with Gasteiger partial charge in [-0.1, -0.05) is 6.92 Å². The second-order valence-electron chi connectivity index (χ2n) is 9.30. The molecule has 3 N–H and O–H groups in total. The zero-order chi connectivity index (χ0) is 23.1. The zero-order valence-corrected chi connectivity index (χ0v) is 19.2. The van der Waals surface area contributed by atoms with Gasteiger partial charge in [-0.15, -0.1) is 0 Å². The largest absolute Gasteiger partial charge is 0.477 e. The van der Waals surface area contributed by atoms with Crippen LogP contribution < -0.4 is 15.8 Å². The maximum absolute atomic E-state index is 12.2. The lowest BCUT2D eigenvalue weighted by Crippen LogP contribution is -2.36. The van der Waals surface area contributed by atoms with E-state index in [2.05, 4.69) is 20.3 Å². The molecule has 0 atom stereocenters. The Bertz CT molecular complexity index is 1180. The van der Waals surface area contributed by atoms with E-state index in [0.29, 0.717) is 41.8 Å². The molecule has 0 bridgehead atoms. The molecule has 3 aromatic rings. The third-order valence-electron chi connectivity index (χ3n) is 5.28. The van der Waals surface area contributed by atoms with Crippen molar-refractivity contribution in [1.29, 1.82) is 0 Å². The van der Waals surface area contributed by atoms with Crippen molar-refractivity contribution < 1.29 is 14.3 Å². The Labute approximate surface area is 187 Å². The van der Waals surface area contributed by atoms with Crippen LogP contribution in [0.3, 0.4) is 0 Å². The number of fused-ring (bicyclic) bond motifs is 2. The number of cyclic esters (lactones) is 1. The topological polar surface area (TPSA) is 112 Å². The zero-order valence-electron chi connectivity index (χ0n) is 19.2. The number of esters is 1. The van der Waals surface area contributed by atoms with E-state index in [4.69, 9.17) is 15.2 Å².